The molecule has 0 aliphatic rings. The van der Waals surface area contributed by atoms with E-state index in [9.17, 15) is 13.0 Å². The summed E-state index contributed by atoms with van der Waals surface area (Å²) >= 11 is 0. The Labute approximate surface area is 138 Å². The first kappa shape index (κ1) is 17.8. The van der Waals surface area contributed by atoms with Crippen LogP contribution in [0.2, 0.25) is 0 Å². The molecule has 0 aliphatic heterocycles. The van der Waals surface area contributed by atoms with Crippen molar-refractivity contribution in [1.29, 1.82) is 0 Å². The molecule has 2 aromatic carbocycles. The van der Waals surface area contributed by atoms with Crippen molar-refractivity contribution in [2.24, 2.45) is 0 Å². The number of rotatable bonds is 6. The van der Waals surface area contributed by atoms with Gasteiger partial charge in [0, 0.05) is 34.5 Å². The molecule has 0 saturated carbocycles. The van der Waals surface area contributed by atoms with E-state index in [1.165, 1.54) is 6.07 Å². The molecule has 5 heteroatoms. The molecule has 0 aliphatic carbocycles. The largest absolute Gasteiger partial charge is 0.310 e. The second-order valence-corrected chi connectivity index (χ2v) is 7.11. The molecule has 1 N–H and O–H groups in total. The Morgan fingerprint density at radius 1 is 1.00 bits per heavy atom. The standard InChI is InChI=1S/C18H21F2NOS/c1-12(15-6-9-17(19)18(20)10-15)11-21-13(2)14-4-7-16(8-5-14)23(3)22/h4-10,12-13,21H,11H2,1-3H3. The monoisotopic (exact) mass is 337 g/mol. The van der Waals surface area contributed by atoms with E-state index in [0.29, 0.717) is 6.54 Å². The summed E-state index contributed by atoms with van der Waals surface area (Å²) in [7, 11) is -0.977. The average Bonchev–Trinajstić information content (AvgIpc) is 2.54. The van der Waals surface area contributed by atoms with E-state index < -0.39 is 22.4 Å². The van der Waals surface area contributed by atoms with Crippen molar-refractivity contribution in [3.05, 3.63) is 65.2 Å². The molecule has 0 spiro atoms. The Bertz CT molecular complexity index is 688. The van der Waals surface area contributed by atoms with Crippen molar-refractivity contribution in [2.75, 3.05) is 12.8 Å². The summed E-state index contributed by atoms with van der Waals surface area (Å²) in [4.78, 5) is 0.802. The Kier molecular flexibility index (Phi) is 6.02. The number of nitrogens with one attached hydrogen (secondary N) is 1. The van der Waals surface area contributed by atoms with Crippen LogP contribution < -0.4 is 5.32 Å². The van der Waals surface area contributed by atoms with Crippen molar-refractivity contribution in [1.82, 2.24) is 5.32 Å². The molecule has 0 heterocycles. The molecule has 2 aromatic rings. The minimum Gasteiger partial charge on any atom is -0.310 e. The molecule has 0 fully saturated rings. The van der Waals surface area contributed by atoms with E-state index in [2.05, 4.69) is 5.32 Å². The van der Waals surface area contributed by atoms with E-state index in [1.54, 1.807) is 12.3 Å². The first-order valence-electron chi connectivity index (χ1n) is 7.50. The minimum absolute atomic E-state index is 0.0648. The van der Waals surface area contributed by atoms with Crippen LogP contribution in [0.4, 0.5) is 8.78 Å². The second kappa shape index (κ2) is 7.79. The molecular formula is C18H21F2NOS. The first-order valence-corrected chi connectivity index (χ1v) is 9.06. The van der Waals surface area contributed by atoms with Gasteiger partial charge in [0.15, 0.2) is 11.6 Å². The molecule has 0 saturated heterocycles. The van der Waals surface area contributed by atoms with Gasteiger partial charge >= 0.3 is 0 Å². The quantitative estimate of drug-likeness (QED) is 0.858. The molecular weight excluding hydrogens is 316 g/mol. The van der Waals surface area contributed by atoms with Crippen LogP contribution in [0.15, 0.2) is 47.4 Å². The van der Waals surface area contributed by atoms with Crippen LogP contribution in [-0.4, -0.2) is 17.0 Å². The molecule has 3 unspecified atom stereocenters. The van der Waals surface area contributed by atoms with Gasteiger partial charge in [0.2, 0.25) is 0 Å². The van der Waals surface area contributed by atoms with Gasteiger partial charge in [-0.25, -0.2) is 8.78 Å². The highest BCUT2D eigenvalue weighted by atomic mass is 32.2. The van der Waals surface area contributed by atoms with Crippen LogP contribution in [0.5, 0.6) is 0 Å². The molecule has 0 radical (unpaired) electrons. The number of hydrogen-bond acceptors (Lipinski definition) is 2. The Hall–Kier alpha value is -1.59. The van der Waals surface area contributed by atoms with Gasteiger partial charge in [0.1, 0.15) is 0 Å². The fourth-order valence-corrected chi connectivity index (χ4v) is 2.88. The third-order valence-electron chi connectivity index (χ3n) is 3.95. The van der Waals surface area contributed by atoms with Crippen molar-refractivity contribution < 1.29 is 13.0 Å². The van der Waals surface area contributed by atoms with Crippen LogP contribution in [0.1, 0.15) is 36.9 Å². The van der Waals surface area contributed by atoms with Gasteiger partial charge in [-0.05, 0) is 48.2 Å². The number of halogens is 2. The lowest BCUT2D eigenvalue weighted by Gasteiger charge is -2.19. The zero-order valence-electron chi connectivity index (χ0n) is 13.5. The Balaban J connectivity index is 1.96. The van der Waals surface area contributed by atoms with Crippen LogP contribution in [0.3, 0.4) is 0 Å². The lowest BCUT2D eigenvalue weighted by molar-refractivity contribution is 0.500. The summed E-state index contributed by atoms with van der Waals surface area (Å²) in [6, 6.07) is 11.8. The Morgan fingerprint density at radius 2 is 1.61 bits per heavy atom. The number of hydrogen-bond donors (Lipinski definition) is 1. The summed E-state index contributed by atoms with van der Waals surface area (Å²) in [5.41, 5.74) is 1.86. The second-order valence-electron chi connectivity index (χ2n) is 5.73. The highest BCUT2D eigenvalue weighted by Gasteiger charge is 2.12. The maximum absolute atomic E-state index is 13.3. The predicted molar refractivity (Wildman–Crippen MR) is 90.0 cm³/mol. The predicted octanol–water partition coefficient (Wildman–Crippen LogP) is 4.16. The topological polar surface area (TPSA) is 29.1 Å². The van der Waals surface area contributed by atoms with Crippen LogP contribution in [0, 0.1) is 11.6 Å². The van der Waals surface area contributed by atoms with Gasteiger partial charge in [-0.2, -0.15) is 0 Å². The van der Waals surface area contributed by atoms with E-state index in [-0.39, 0.29) is 12.0 Å². The first-order chi connectivity index (χ1) is 10.9. The van der Waals surface area contributed by atoms with E-state index in [1.807, 2.05) is 38.1 Å². The third kappa shape index (κ3) is 4.69. The molecule has 0 bridgehead atoms. The molecule has 23 heavy (non-hydrogen) atoms. The molecule has 2 rings (SSSR count). The lowest BCUT2D eigenvalue weighted by atomic mass is 10.00. The van der Waals surface area contributed by atoms with Crippen LogP contribution in [0.25, 0.3) is 0 Å². The maximum atomic E-state index is 13.3. The van der Waals surface area contributed by atoms with Crippen LogP contribution in [-0.2, 0) is 10.8 Å². The van der Waals surface area contributed by atoms with Gasteiger partial charge < -0.3 is 5.32 Å². The minimum atomic E-state index is -0.977. The normalized spacial score (nSPS) is 15.2. The summed E-state index contributed by atoms with van der Waals surface area (Å²) in [5, 5.41) is 3.39. The van der Waals surface area contributed by atoms with Gasteiger partial charge in [0.25, 0.3) is 0 Å². The fraction of sp³-hybridized carbons (Fsp3) is 0.333. The molecule has 0 amide bonds. The summed E-state index contributed by atoms with van der Waals surface area (Å²) < 4.78 is 37.6. The average molecular weight is 337 g/mol. The highest BCUT2D eigenvalue weighted by molar-refractivity contribution is 7.84. The van der Waals surface area contributed by atoms with Crippen molar-refractivity contribution in [3.63, 3.8) is 0 Å². The van der Waals surface area contributed by atoms with Gasteiger partial charge in [0.05, 0.1) is 0 Å². The van der Waals surface area contributed by atoms with Crippen LogP contribution >= 0.6 is 0 Å². The highest BCUT2D eigenvalue weighted by Crippen LogP contribution is 2.20. The zero-order valence-corrected chi connectivity index (χ0v) is 14.3. The summed E-state index contributed by atoms with van der Waals surface area (Å²) in [5.74, 6) is -1.57. The SMILES string of the molecule is CC(CNC(C)c1ccc(S(C)=O)cc1)c1ccc(F)c(F)c1. The smallest absolute Gasteiger partial charge is 0.159 e. The molecule has 3 atom stereocenters. The van der Waals surface area contributed by atoms with Gasteiger partial charge in [-0.1, -0.05) is 25.1 Å². The van der Waals surface area contributed by atoms with E-state index in [0.717, 1.165) is 22.1 Å². The maximum Gasteiger partial charge on any atom is 0.159 e. The third-order valence-corrected chi connectivity index (χ3v) is 4.89. The van der Waals surface area contributed by atoms with Crippen molar-refractivity contribution in [3.8, 4) is 0 Å². The summed E-state index contributed by atoms with van der Waals surface area (Å²) in [6.07, 6.45) is 1.65. The van der Waals surface area contributed by atoms with Gasteiger partial charge in [-0.3, -0.25) is 4.21 Å². The number of benzene rings is 2. The lowest BCUT2D eigenvalue weighted by Crippen LogP contribution is -2.23. The fourth-order valence-electron chi connectivity index (χ4n) is 2.36. The van der Waals surface area contributed by atoms with E-state index >= 15 is 0 Å². The molecule has 0 aromatic heterocycles. The zero-order chi connectivity index (χ0) is 17.0. The van der Waals surface area contributed by atoms with E-state index in [4.69, 9.17) is 0 Å². The van der Waals surface area contributed by atoms with Crippen molar-refractivity contribution in [2.45, 2.75) is 30.7 Å². The van der Waals surface area contributed by atoms with Gasteiger partial charge in [-0.15, -0.1) is 0 Å². The Morgan fingerprint density at radius 3 is 2.17 bits per heavy atom. The summed E-state index contributed by atoms with van der Waals surface area (Å²) in [6.45, 7) is 4.65. The molecule has 2 nitrogen and oxygen atoms in total. The van der Waals surface area contributed by atoms with Crippen molar-refractivity contribution >= 4 is 10.8 Å². The molecule has 124 valence electrons.